The minimum Gasteiger partial charge on any atom is -0.449 e. The summed E-state index contributed by atoms with van der Waals surface area (Å²) in [5, 5.41) is 2.58. The third-order valence-electron chi connectivity index (χ3n) is 7.96. The zero-order chi connectivity index (χ0) is 38.4. The average molecular weight is 755 g/mol. The van der Waals surface area contributed by atoms with Crippen molar-refractivity contribution >= 4 is 80.4 Å². The third-order valence-corrected chi connectivity index (χ3v) is 8.83. The van der Waals surface area contributed by atoms with Crippen molar-refractivity contribution in [1.29, 1.82) is 0 Å². The number of nitrogens with zero attached hydrogens (tertiary/aromatic N) is 4. The maximum atomic E-state index is 13.7. The lowest BCUT2D eigenvalue weighted by Gasteiger charge is -2.35. The molecule has 53 heavy (non-hydrogen) atoms. The lowest BCUT2D eigenvalue weighted by Crippen LogP contribution is -2.57. The number of pyridine rings is 1. The molecule has 2 aliphatic rings. The molecule has 1 saturated heterocycles. The number of morpholine rings is 1. The van der Waals surface area contributed by atoms with Crippen molar-refractivity contribution in [2.45, 2.75) is 38.3 Å². The van der Waals surface area contributed by atoms with Crippen LogP contribution in [0.25, 0.3) is 10.1 Å². The number of amides is 5. The Morgan fingerprint density at radius 1 is 0.962 bits per heavy atom. The lowest BCUT2D eigenvalue weighted by atomic mass is 10.1. The predicted molar refractivity (Wildman–Crippen MR) is 177 cm³/mol. The van der Waals surface area contributed by atoms with Gasteiger partial charge in [0.25, 0.3) is 29.5 Å². The summed E-state index contributed by atoms with van der Waals surface area (Å²) in [5.41, 5.74) is 4.77. The summed E-state index contributed by atoms with van der Waals surface area (Å²) in [7, 11) is 0. The molecule has 2 aromatic carbocycles. The van der Waals surface area contributed by atoms with Gasteiger partial charge in [-0.25, -0.2) is 9.88 Å². The fourth-order valence-corrected chi connectivity index (χ4v) is 6.68. The van der Waals surface area contributed by atoms with Crippen LogP contribution in [0.3, 0.4) is 0 Å². The van der Waals surface area contributed by atoms with Crippen molar-refractivity contribution in [3.05, 3.63) is 77.0 Å². The quantitative estimate of drug-likeness (QED) is 0.186. The number of alkyl halides is 3. The highest BCUT2D eigenvalue weighted by Crippen LogP contribution is 2.39. The highest BCUT2D eigenvalue weighted by atomic mass is 32.1. The van der Waals surface area contributed by atoms with E-state index < -0.39 is 71.7 Å². The van der Waals surface area contributed by atoms with Gasteiger partial charge in [-0.05, 0) is 47.9 Å². The summed E-state index contributed by atoms with van der Waals surface area (Å²) in [6.45, 7) is 1.20. The summed E-state index contributed by atoms with van der Waals surface area (Å²) in [4.78, 5) is 95.7. The molecule has 0 radical (unpaired) electrons. The van der Waals surface area contributed by atoms with E-state index in [1.165, 1.54) is 30.3 Å². The van der Waals surface area contributed by atoms with E-state index in [0.717, 1.165) is 35.8 Å². The van der Waals surface area contributed by atoms with E-state index in [0.29, 0.717) is 11.5 Å². The lowest BCUT2D eigenvalue weighted by molar-refractivity contribution is -0.223. The Labute approximate surface area is 299 Å². The number of hydrogen-bond acceptors (Lipinski definition) is 13. The van der Waals surface area contributed by atoms with Gasteiger partial charge in [-0.3, -0.25) is 38.5 Å². The van der Waals surface area contributed by atoms with E-state index in [4.69, 9.17) is 15.2 Å². The van der Waals surface area contributed by atoms with Crippen molar-refractivity contribution in [3.63, 3.8) is 0 Å². The van der Waals surface area contributed by atoms with Crippen LogP contribution in [0.1, 0.15) is 56.7 Å². The Hall–Kier alpha value is -6.28. The van der Waals surface area contributed by atoms with Crippen molar-refractivity contribution in [2.75, 3.05) is 28.3 Å². The van der Waals surface area contributed by atoms with E-state index >= 15 is 0 Å². The van der Waals surface area contributed by atoms with Crippen molar-refractivity contribution in [1.82, 2.24) is 9.36 Å². The number of halogens is 3. The molecule has 4 heterocycles. The van der Waals surface area contributed by atoms with Gasteiger partial charge in [-0.15, -0.1) is 0 Å². The van der Waals surface area contributed by atoms with Crippen LogP contribution in [0.4, 0.5) is 30.5 Å². The number of carbonyl (C=O) groups excluding carboxylic acids is 7. The molecule has 3 atom stereocenters. The summed E-state index contributed by atoms with van der Waals surface area (Å²) in [6, 6.07) is 12.0. The molecular weight excluding hydrogens is 729 g/mol. The van der Waals surface area contributed by atoms with E-state index in [1.807, 2.05) is 0 Å². The number of fused-ring (bicyclic) bond motifs is 2. The topological polar surface area (TPSA) is 217 Å². The zero-order valence-corrected chi connectivity index (χ0v) is 28.1. The van der Waals surface area contributed by atoms with E-state index in [2.05, 4.69) is 19.4 Å². The molecule has 16 nitrogen and oxygen atoms in total. The van der Waals surface area contributed by atoms with Gasteiger partial charge < -0.3 is 25.3 Å². The largest absolute Gasteiger partial charge is 0.449 e. The van der Waals surface area contributed by atoms with Gasteiger partial charge in [0.05, 0.1) is 45.9 Å². The third kappa shape index (κ3) is 6.88. The van der Waals surface area contributed by atoms with Crippen LogP contribution >= 0.6 is 11.5 Å². The number of benzene rings is 2. The number of carbonyl (C=O) groups is 7. The summed E-state index contributed by atoms with van der Waals surface area (Å²) in [5.74, 6) is -7.18. The second kappa shape index (κ2) is 14.0. The van der Waals surface area contributed by atoms with Crippen LogP contribution < -0.4 is 20.9 Å². The minimum absolute atomic E-state index is 0.0808. The SMILES string of the molecule is CC(=O)OC(c1cccc(N2CCO[C@H]([C@@H](OC(C)=O)C(=O)Nc3ccc4c(N5C(=O)c6ccccc6C5=O)nsc4c3C(N)=O)C2=O)n1)C(F)(F)F. The van der Waals surface area contributed by atoms with E-state index in [-0.39, 0.29) is 57.3 Å². The second-order valence-electron chi connectivity index (χ2n) is 11.5. The second-order valence-corrected chi connectivity index (χ2v) is 12.3. The van der Waals surface area contributed by atoms with Crippen LogP contribution in [0.2, 0.25) is 0 Å². The Morgan fingerprint density at radius 3 is 2.23 bits per heavy atom. The molecule has 6 rings (SSSR count). The maximum absolute atomic E-state index is 13.7. The van der Waals surface area contributed by atoms with Gasteiger partial charge in [0.2, 0.25) is 12.2 Å². The molecule has 1 unspecified atom stereocenters. The first-order valence-corrected chi connectivity index (χ1v) is 16.2. The number of hydrogen-bond donors (Lipinski definition) is 2. The number of nitrogens with one attached hydrogen (secondary N) is 1. The van der Waals surface area contributed by atoms with Crippen LogP contribution in [0.15, 0.2) is 54.6 Å². The normalized spacial score (nSPS) is 17.0. The number of nitrogens with two attached hydrogens (primary N) is 1. The fraction of sp³-hybridized carbons (Fsp3) is 0.242. The number of ether oxygens (including phenoxy) is 3. The molecule has 1 fully saturated rings. The van der Waals surface area contributed by atoms with E-state index in [9.17, 15) is 46.7 Å². The van der Waals surface area contributed by atoms with Gasteiger partial charge in [0.15, 0.2) is 11.9 Å². The Kier molecular flexibility index (Phi) is 9.67. The molecule has 0 saturated carbocycles. The minimum atomic E-state index is -5.05. The molecular formula is C33H25F3N6O10S. The smallest absolute Gasteiger partial charge is 0.431 e. The van der Waals surface area contributed by atoms with Crippen LogP contribution in [-0.2, 0) is 33.4 Å². The van der Waals surface area contributed by atoms with E-state index in [1.54, 1.807) is 12.1 Å². The number of rotatable bonds is 9. The molecule has 20 heteroatoms. The first kappa shape index (κ1) is 36.5. The number of primary amides is 1. The molecule has 4 aromatic rings. The van der Waals surface area contributed by atoms with Crippen molar-refractivity contribution in [3.8, 4) is 0 Å². The standard InChI is InChI=1S/C33H25F3N6O10S/c1-14(43)51-23(24-32(49)41(12-13-50-24)21-9-5-8-20(38-21)26(33(34,35)36)52-15(2)44)29(46)39-19-11-10-18-25(22(19)27(37)45)53-40-28(18)42-30(47)16-6-3-4-7-17(16)31(42)48/h3-11,23-24,26H,12-13H2,1-2H3,(H2,37,45)(H,39,46)/t23-,24-,26?/m1/s1. The van der Waals surface area contributed by atoms with Gasteiger partial charge in [0.1, 0.15) is 5.82 Å². The first-order chi connectivity index (χ1) is 25.1. The van der Waals surface area contributed by atoms with Crippen LogP contribution in [0.5, 0.6) is 0 Å². The van der Waals surface area contributed by atoms with Crippen LogP contribution in [-0.4, -0.2) is 82.4 Å². The Balaban J connectivity index is 1.29. The molecule has 5 amide bonds. The van der Waals surface area contributed by atoms with Crippen LogP contribution in [0, 0.1) is 0 Å². The predicted octanol–water partition coefficient (Wildman–Crippen LogP) is 3.06. The fourth-order valence-electron chi connectivity index (χ4n) is 5.77. The van der Waals surface area contributed by atoms with Gasteiger partial charge in [0, 0.05) is 19.2 Å². The molecule has 0 aliphatic carbocycles. The van der Waals surface area contributed by atoms with Crippen molar-refractivity contribution < 1.29 is 60.9 Å². The molecule has 274 valence electrons. The highest BCUT2D eigenvalue weighted by molar-refractivity contribution is 7.14. The van der Waals surface area contributed by atoms with Gasteiger partial charge in [-0.1, -0.05) is 18.2 Å². The number of esters is 2. The molecule has 3 N–H and O–H groups in total. The number of anilines is 3. The summed E-state index contributed by atoms with van der Waals surface area (Å²) < 4.78 is 60.6. The summed E-state index contributed by atoms with van der Waals surface area (Å²) in [6.07, 6.45) is -11.7. The average Bonchev–Trinajstić information content (AvgIpc) is 3.62. The Morgan fingerprint density at radius 2 is 1.62 bits per heavy atom. The number of imide groups is 1. The zero-order valence-electron chi connectivity index (χ0n) is 27.3. The van der Waals surface area contributed by atoms with Crippen molar-refractivity contribution in [2.24, 2.45) is 5.73 Å². The summed E-state index contributed by atoms with van der Waals surface area (Å²) >= 11 is 0.709. The molecule has 0 spiro atoms. The maximum Gasteiger partial charge on any atom is 0.431 e. The molecule has 0 bridgehead atoms. The van der Waals surface area contributed by atoms with Gasteiger partial charge >= 0.3 is 18.1 Å². The highest BCUT2D eigenvalue weighted by Gasteiger charge is 2.47. The monoisotopic (exact) mass is 754 g/mol. The number of aromatic nitrogens is 2. The Bertz CT molecular complexity index is 2190. The molecule has 2 aliphatic heterocycles. The first-order valence-electron chi connectivity index (χ1n) is 15.4. The van der Waals surface area contributed by atoms with Gasteiger partial charge in [-0.2, -0.15) is 17.5 Å². The molecule has 2 aromatic heterocycles.